The molecule has 1 N–H and O–H groups in total. The molecule has 0 fully saturated rings. The van der Waals surface area contributed by atoms with E-state index in [1.807, 2.05) is 32.9 Å². The molecular weight excluding hydrogens is 258 g/mol. The van der Waals surface area contributed by atoms with Crippen molar-refractivity contribution in [2.75, 3.05) is 18.9 Å². The fourth-order valence-electron chi connectivity index (χ4n) is 1.84. The van der Waals surface area contributed by atoms with Crippen LogP contribution >= 0.6 is 0 Å². The zero-order chi connectivity index (χ0) is 14.3. The minimum atomic E-state index is -0.806. The third-order valence-electron chi connectivity index (χ3n) is 2.90. The van der Waals surface area contributed by atoms with Crippen LogP contribution in [0.1, 0.15) is 39.3 Å². The number of hydrogen-bond donors (Lipinski definition) is 1. The van der Waals surface area contributed by atoms with Gasteiger partial charge in [-0.25, -0.2) is 0 Å². The van der Waals surface area contributed by atoms with Crippen LogP contribution in [0.5, 0.6) is 5.75 Å². The van der Waals surface area contributed by atoms with Crippen molar-refractivity contribution >= 4 is 10.8 Å². The second-order valence-electron chi connectivity index (χ2n) is 4.71. The van der Waals surface area contributed by atoms with Crippen LogP contribution in [0.3, 0.4) is 0 Å². The van der Waals surface area contributed by atoms with Gasteiger partial charge in [0.1, 0.15) is 5.75 Å². The number of rotatable bonds is 8. The van der Waals surface area contributed by atoms with Crippen LogP contribution in [-0.4, -0.2) is 28.4 Å². The largest absolute Gasteiger partial charge is 0.494 e. The lowest BCUT2D eigenvalue weighted by Gasteiger charge is -2.19. The number of nitrogens with one attached hydrogen (secondary N) is 1. The van der Waals surface area contributed by atoms with Crippen LogP contribution in [0.2, 0.25) is 0 Å². The van der Waals surface area contributed by atoms with Gasteiger partial charge in [0.25, 0.3) is 0 Å². The predicted octanol–water partition coefficient (Wildman–Crippen LogP) is 2.89. The number of hydrogen-bond acceptors (Lipinski definition) is 3. The summed E-state index contributed by atoms with van der Waals surface area (Å²) >= 11 is 0. The Morgan fingerprint density at radius 2 is 1.84 bits per heavy atom. The first kappa shape index (κ1) is 16.2. The smallest absolute Gasteiger partial charge is 0.119 e. The van der Waals surface area contributed by atoms with Gasteiger partial charge < -0.3 is 10.1 Å². The summed E-state index contributed by atoms with van der Waals surface area (Å²) in [5.74, 6) is 1.53. The molecule has 19 heavy (non-hydrogen) atoms. The molecule has 2 unspecified atom stereocenters. The number of ether oxygens (including phenoxy) is 1. The molecule has 0 aliphatic heterocycles. The zero-order valence-corrected chi connectivity index (χ0v) is 13.1. The predicted molar refractivity (Wildman–Crippen MR) is 82.2 cm³/mol. The van der Waals surface area contributed by atoms with E-state index in [0.717, 1.165) is 12.3 Å². The van der Waals surface area contributed by atoms with Gasteiger partial charge in [0.2, 0.25) is 0 Å². The maximum absolute atomic E-state index is 12.0. The zero-order valence-electron chi connectivity index (χ0n) is 12.3. The van der Waals surface area contributed by atoms with E-state index in [0.29, 0.717) is 12.4 Å². The molecule has 0 aliphatic rings. The molecule has 0 saturated carbocycles. The van der Waals surface area contributed by atoms with E-state index in [2.05, 4.69) is 24.4 Å². The van der Waals surface area contributed by atoms with Crippen molar-refractivity contribution in [1.29, 1.82) is 0 Å². The highest BCUT2D eigenvalue weighted by molar-refractivity contribution is 7.85. The van der Waals surface area contributed by atoms with Crippen LogP contribution in [0, 0.1) is 0 Å². The molecule has 0 bridgehead atoms. The lowest BCUT2D eigenvalue weighted by atomic mass is 10.1. The SMILES string of the molecule is CCNC(CS(=O)C(C)C)c1ccc(OCC)cc1. The van der Waals surface area contributed by atoms with Crippen molar-refractivity contribution in [3.05, 3.63) is 29.8 Å². The molecule has 1 rings (SSSR count). The van der Waals surface area contributed by atoms with Crippen LogP contribution in [-0.2, 0) is 10.8 Å². The Bertz CT molecular complexity index is 390. The Morgan fingerprint density at radius 3 is 2.32 bits per heavy atom. The highest BCUT2D eigenvalue weighted by Gasteiger charge is 2.16. The molecule has 0 amide bonds. The van der Waals surface area contributed by atoms with Crippen molar-refractivity contribution in [2.45, 2.75) is 39.0 Å². The van der Waals surface area contributed by atoms with E-state index in [1.165, 1.54) is 5.56 Å². The average molecular weight is 283 g/mol. The summed E-state index contributed by atoms with van der Waals surface area (Å²) < 4.78 is 17.5. The molecule has 1 aromatic rings. The third kappa shape index (κ3) is 5.33. The maximum Gasteiger partial charge on any atom is 0.119 e. The first-order valence-electron chi connectivity index (χ1n) is 6.91. The van der Waals surface area contributed by atoms with Crippen LogP contribution in [0.4, 0.5) is 0 Å². The fraction of sp³-hybridized carbons (Fsp3) is 0.600. The molecule has 0 radical (unpaired) electrons. The third-order valence-corrected chi connectivity index (χ3v) is 4.61. The standard InChI is InChI=1S/C15H25NO2S/c1-5-16-15(11-19(17)12(3)4)13-7-9-14(10-8-13)18-6-2/h7-10,12,15-16H,5-6,11H2,1-4H3. The molecule has 0 spiro atoms. The Morgan fingerprint density at radius 1 is 1.21 bits per heavy atom. The first-order chi connectivity index (χ1) is 9.08. The second-order valence-corrected chi connectivity index (χ2v) is 6.75. The van der Waals surface area contributed by atoms with E-state index >= 15 is 0 Å². The summed E-state index contributed by atoms with van der Waals surface area (Å²) in [6.45, 7) is 9.58. The monoisotopic (exact) mass is 283 g/mol. The highest BCUT2D eigenvalue weighted by Crippen LogP contribution is 2.19. The van der Waals surface area contributed by atoms with Crippen LogP contribution in [0.15, 0.2) is 24.3 Å². The Labute approximate surface area is 119 Å². The summed E-state index contributed by atoms with van der Waals surface area (Å²) in [5, 5.41) is 3.60. The summed E-state index contributed by atoms with van der Waals surface area (Å²) in [7, 11) is -0.806. The molecule has 108 valence electrons. The molecule has 4 heteroatoms. The Balaban J connectivity index is 2.77. The van der Waals surface area contributed by atoms with E-state index in [9.17, 15) is 4.21 Å². The van der Waals surface area contributed by atoms with Gasteiger partial charge >= 0.3 is 0 Å². The van der Waals surface area contributed by atoms with Crippen molar-refractivity contribution in [3.63, 3.8) is 0 Å². The van der Waals surface area contributed by atoms with Gasteiger partial charge in [-0.1, -0.05) is 32.9 Å². The van der Waals surface area contributed by atoms with Gasteiger partial charge in [-0.05, 0) is 31.2 Å². The minimum Gasteiger partial charge on any atom is -0.494 e. The van der Waals surface area contributed by atoms with Gasteiger partial charge in [0, 0.05) is 27.8 Å². The molecule has 0 saturated heterocycles. The van der Waals surface area contributed by atoms with Gasteiger partial charge in [0.05, 0.1) is 6.61 Å². The molecule has 1 aromatic carbocycles. The molecule has 3 nitrogen and oxygen atoms in total. The van der Waals surface area contributed by atoms with Crippen molar-refractivity contribution in [3.8, 4) is 5.75 Å². The first-order valence-corrected chi connectivity index (χ1v) is 8.30. The number of benzene rings is 1. The molecular formula is C15H25NO2S. The van der Waals surface area contributed by atoms with E-state index in [1.54, 1.807) is 0 Å². The molecule has 0 aliphatic carbocycles. The van der Waals surface area contributed by atoms with Crippen molar-refractivity contribution in [2.24, 2.45) is 0 Å². The Kier molecular flexibility index (Phi) is 7.10. The van der Waals surface area contributed by atoms with Crippen molar-refractivity contribution in [1.82, 2.24) is 5.32 Å². The quantitative estimate of drug-likeness (QED) is 0.797. The molecule has 0 heterocycles. The summed E-state index contributed by atoms with van der Waals surface area (Å²) in [4.78, 5) is 0. The van der Waals surface area contributed by atoms with Gasteiger partial charge in [-0.3, -0.25) is 4.21 Å². The Hall–Kier alpha value is -0.870. The highest BCUT2D eigenvalue weighted by atomic mass is 32.2. The summed E-state index contributed by atoms with van der Waals surface area (Å²) in [6.07, 6.45) is 0. The maximum atomic E-state index is 12.0. The van der Waals surface area contributed by atoms with E-state index in [4.69, 9.17) is 4.74 Å². The van der Waals surface area contributed by atoms with Gasteiger partial charge in [-0.2, -0.15) is 0 Å². The van der Waals surface area contributed by atoms with Crippen molar-refractivity contribution < 1.29 is 8.95 Å². The van der Waals surface area contributed by atoms with Crippen LogP contribution in [0.25, 0.3) is 0 Å². The topological polar surface area (TPSA) is 38.3 Å². The minimum absolute atomic E-state index is 0.143. The molecule has 0 aromatic heterocycles. The van der Waals surface area contributed by atoms with Crippen LogP contribution < -0.4 is 10.1 Å². The van der Waals surface area contributed by atoms with E-state index < -0.39 is 10.8 Å². The summed E-state index contributed by atoms with van der Waals surface area (Å²) in [5.41, 5.74) is 1.17. The van der Waals surface area contributed by atoms with E-state index in [-0.39, 0.29) is 11.3 Å². The summed E-state index contributed by atoms with van der Waals surface area (Å²) in [6, 6.07) is 8.19. The van der Waals surface area contributed by atoms with Gasteiger partial charge in [0.15, 0.2) is 0 Å². The molecule has 2 atom stereocenters. The van der Waals surface area contributed by atoms with Gasteiger partial charge in [-0.15, -0.1) is 0 Å². The fourth-order valence-corrected chi connectivity index (χ4v) is 2.86. The normalized spacial score (nSPS) is 14.4. The lowest BCUT2D eigenvalue weighted by molar-refractivity contribution is 0.340. The second kappa shape index (κ2) is 8.33. The lowest BCUT2D eigenvalue weighted by Crippen LogP contribution is -2.28. The average Bonchev–Trinajstić information content (AvgIpc) is 2.39.